The van der Waals surface area contributed by atoms with Gasteiger partial charge >= 0.3 is 0 Å². The largest absolute Gasteiger partial charge is 0.495 e. The second-order valence-electron chi connectivity index (χ2n) is 6.29. The van der Waals surface area contributed by atoms with Gasteiger partial charge in [0.15, 0.2) is 0 Å². The number of hydrogen-bond donors (Lipinski definition) is 1. The van der Waals surface area contributed by atoms with Crippen LogP contribution in [0.5, 0.6) is 5.75 Å². The molecule has 1 aliphatic rings. The van der Waals surface area contributed by atoms with Crippen LogP contribution in [0.3, 0.4) is 0 Å². The summed E-state index contributed by atoms with van der Waals surface area (Å²) in [6.45, 7) is 1.83. The first kappa shape index (κ1) is 19.0. The van der Waals surface area contributed by atoms with Crippen molar-refractivity contribution in [2.24, 2.45) is 0 Å². The number of carbonyl (C=O) groups excluding carboxylic acids is 1. The highest BCUT2D eigenvalue weighted by molar-refractivity contribution is 8.00. The first-order valence-electron chi connectivity index (χ1n) is 8.67. The van der Waals surface area contributed by atoms with E-state index in [1.165, 1.54) is 31.0 Å². The van der Waals surface area contributed by atoms with Crippen molar-refractivity contribution in [3.63, 3.8) is 0 Å². The number of ether oxygens (including phenoxy) is 1. The van der Waals surface area contributed by atoms with Gasteiger partial charge in [-0.1, -0.05) is 42.6 Å². The summed E-state index contributed by atoms with van der Waals surface area (Å²) in [6.07, 6.45) is 5.82. The van der Waals surface area contributed by atoms with Gasteiger partial charge in [0, 0.05) is 5.02 Å². The summed E-state index contributed by atoms with van der Waals surface area (Å²) in [6, 6.07) is 5.43. The Morgan fingerprint density at radius 2 is 2.15 bits per heavy atom. The predicted octanol–water partition coefficient (Wildman–Crippen LogP) is 3.96. The Kier molecular flexibility index (Phi) is 6.37. The molecule has 1 aliphatic carbocycles. The molecule has 0 saturated heterocycles. The molecule has 1 saturated carbocycles. The lowest BCUT2D eigenvalue weighted by Crippen LogP contribution is -2.24. The Labute approximate surface area is 161 Å². The van der Waals surface area contributed by atoms with Gasteiger partial charge in [0.2, 0.25) is 11.1 Å². The molecular formula is C17H22ClN5O2S. The van der Waals surface area contributed by atoms with Crippen molar-refractivity contribution >= 4 is 35.0 Å². The molecule has 1 heterocycles. The van der Waals surface area contributed by atoms with Crippen molar-refractivity contribution in [1.29, 1.82) is 0 Å². The monoisotopic (exact) mass is 395 g/mol. The number of carbonyl (C=O) groups is 1. The van der Waals surface area contributed by atoms with Gasteiger partial charge < -0.3 is 10.1 Å². The lowest BCUT2D eigenvalue weighted by molar-refractivity contribution is -0.115. The van der Waals surface area contributed by atoms with Crippen molar-refractivity contribution in [2.75, 3.05) is 12.4 Å². The maximum absolute atomic E-state index is 12.6. The average molecular weight is 396 g/mol. The molecule has 1 atom stereocenters. The highest BCUT2D eigenvalue weighted by atomic mass is 35.5. The molecule has 1 N–H and O–H groups in total. The number of halogens is 1. The summed E-state index contributed by atoms with van der Waals surface area (Å²) in [4.78, 5) is 12.6. The predicted molar refractivity (Wildman–Crippen MR) is 102 cm³/mol. The molecule has 140 valence electrons. The highest BCUT2D eigenvalue weighted by Gasteiger charge is 2.24. The van der Waals surface area contributed by atoms with Crippen LogP contribution in [0.1, 0.15) is 45.1 Å². The molecule has 2 aromatic rings. The minimum Gasteiger partial charge on any atom is -0.495 e. The van der Waals surface area contributed by atoms with E-state index < -0.39 is 0 Å². The number of thioether (sulfide) groups is 1. The van der Waals surface area contributed by atoms with Gasteiger partial charge in [-0.3, -0.25) is 4.79 Å². The first-order valence-corrected chi connectivity index (χ1v) is 9.93. The minimum absolute atomic E-state index is 0.159. The van der Waals surface area contributed by atoms with E-state index in [0.29, 0.717) is 27.7 Å². The van der Waals surface area contributed by atoms with Crippen molar-refractivity contribution < 1.29 is 9.53 Å². The van der Waals surface area contributed by atoms with E-state index in [9.17, 15) is 4.79 Å². The van der Waals surface area contributed by atoms with Gasteiger partial charge in [-0.15, -0.1) is 5.10 Å². The second kappa shape index (κ2) is 8.73. The zero-order chi connectivity index (χ0) is 18.5. The summed E-state index contributed by atoms with van der Waals surface area (Å²) in [5, 5.41) is 15.8. The summed E-state index contributed by atoms with van der Waals surface area (Å²) >= 11 is 7.37. The molecule has 0 spiro atoms. The molecule has 0 aliphatic heterocycles. The van der Waals surface area contributed by atoms with Crippen LogP contribution < -0.4 is 10.1 Å². The third-order valence-corrected chi connectivity index (χ3v) is 5.74. The number of nitrogens with zero attached hydrogens (tertiary/aromatic N) is 4. The quantitative estimate of drug-likeness (QED) is 0.745. The lowest BCUT2D eigenvalue weighted by atomic mass is 9.96. The minimum atomic E-state index is -0.368. The standard InChI is InChI=1S/C17H22ClN5O2S/c1-11(16(24)19-14-10-12(18)8-9-15(14)25-2)26-17-20-21-22-23(17)13-6-4-3-5-7-13/h8-11,13H,3-7H2,1-2H3,(H,19,24). The maximum atomic E-state index is 12.6. The van der Waals surface area contributed by atoms with Crippen LogP contribution in [0.25, 0.3) is 0 Å². The molecule has 1 unspecified atom stereocenters. The van der Waals surface area contributed by atoms with Gasteiger partial charge in [0.1, 0.15) is 5.75 Å². The molecule has 1 amide bonds. The van der Waals surface area contributed by atoms with Crippen LogP contribution in [-0.4, -0.2) is 38.5 Å². The number of anilines is 1. The molecule has 1 aromatic carbocycles. The van der Waals surface area contributed by atoms with Crippen LogP contribution in [0.4, 0.5) is 5.69 Å². The fourth-order valence-corrected chi connectivity index (χ4v) is 4.07. The van der Waals surface area contributed by atoms with Crippen LogP contribution in [-0.2, 0) is 4.79 Å². The summed E-state index contributed by atoms with van der Waals surface area (Å²) in [7, 11) is 1.55. The SMILES string of the molecule is COc1ccc(Cl)cc1NC(=O)C(C)Sc1nnnn1C1CCCCC1. The van der Waals surface area contributed by atoms with Crippen molar-refractivity contribution in [3.8, 4) is 5.75 Å². The number of tetrazole rings is 1. The lowest BCUT2D eigenvalue weighted by Gasteiger charge is -2.22. The molecule has 0 bridgehead atoms. The maximum Gasteiger partial charge on any atom is 0.237 e. The third kappa shape index (κ3) is 4.48. The van der Waals surface area contributed by atoms with Gasteiger partial charge in [-0.05, 0) is 48.4 Å². The number of amides is 1. The molecule has 3 rings (SSSR count). The van der Waals surface area contributed by atoms with Gasteiger partial charge in [0.05, 0.1) is 24.1 Å². The zero-order valence-corrected chi connectivity index (χ0v) is 16.4. The van der Waals surface area contributed by atoms with Crippen LogP contribution in [0.15, 0.2) is 23.4 Å². The number of rotatable bonds is 6. The molecule has 1 aromatic heterocycles. The zero-order valence-electron chi connectivity index (χ0n) is 14.8. The Morgan fingerprint density at radius 1 is 1.38 bits per heavy atom. The molecular weight excluding hydrogens is 374 g/mol. The van der Waals surface area contributed by atoms with E-state index in [1.807, 2.05) is 11.6 Å². The average Bonchev–Trinajstić information content (AvgIpc) is 3.10. The summed E-state index contributed by atoms with van der Waals surface area (Å²) in [5.74, 6) is 0.403. The number of aromatic nitrogens is 4. The van der Waals surface area contributed by atoms with Crippen molar-refractivity contribution in [1.82, 2.24) is 20.2 Å². The Hall–Kier alpha value is -1.80. The molecule has 26 heavy (non-hydrogen) atoms. The Morgan fingerprint density at radius 3 is 2.88 bits per heavy atom. The highest BCUT2D eigenvalue weighted by Crippen LogP contribution is 2.32. The first-order chi connectivity index (χ1) is 12.6. The van der Waals surface area contributed by atoms with E-state index in [4.69, 9.17) is 16.3 Å². The second-order valence-corrected chi connectivity index (χ2v) is 8.04. The summed E-state index contributed by atoms with van der Waals surface area (Å²) < 4.78 is 7.14. The Balaban J connectivity index is 1.67. The number of hydrogen-bond acceptors (Lipinski definition) is 6. The van der Waals surface area contributed by atoms with E-state index in [1.54, 1.807) is 25.3 Å². The number of benzene rings is 1. The fourth-order valence-electron chi connectivity index (χ4n) is 3.04. The molecule has 7 nitrogen and oxygen atoms in total. The van der Waals surface area contributed by atoms with E-state index in [-0.39, 0.29) is 11.2 Å². The number of nitrogens with one attached hydrogen (secondary N) is 1. The van der Waals surface area contributed by atoms with E-state index in [0.717, 1.165) is 12.8 Å². The fraction of sp³-hybridized carbons (Fsp3) is 0.529. The van der Waals surface area contributed by atoms with E-state index >= 15 is 0 Å². The van der Waals surface area contributed by atoms with Gasteiger partial charge in [0.25, 0.3) is 0 Å². The van der Waals surface area contributed by atoms with Gasteiger partial charge in [-0.25, -0.2) is 4.68 Å². The molecule has 0 radical (unpaired) electrons. The van der Waals surface area contributed by atoms with Crippen LogP contribution >= 0.6 is 23.4 Å². The smallest absolute Gasteiger partial charge is 0.237 e. The normalized spacial score (nSPS) is 16.3. The van der Waals surface area contributed by atoms with Crippen LogP contribution in [0, 0.1) is 0 Å². The summed E-state index contributed by atoms with van der Waals surface area (Å²) in [5.41, 5.74) is 0.546. The molecule has 9 heteroatoms. The van der Waals surface area contributed by atoms with Crippen molar-refractivity contribution in [2.45, 2.75) is 55.5 Å². The third-order valence-electron chi connectivity index (χ3n) is 4.45. The van der Waals surface area contributed by atoms with E-state index in [2.05, 4.69) is 20.8 Å². The number of methoxy groups -OCH3 is 1. The Bertz CT molecular complexity index is 763. The topological polar surface area (TPSA) is 81.9 Å². The molecule has 1 fully saturated rings. The van der Waals surface area contributed by atoms with Crippen LogP contribution in [0.2, 0.25) is 5.02 Å². The van der Waals surface area contributed by atoms with Crippen molar-refractivity contribution in [3.05, 3.63) is 23.2 Å². The van der Waals surface area contributed by atoms with Gasteiger partial charge in [-0.2, -0.15) is 0 Å².